The molecule has 0 fully saturated rings. The number of benzene rings is 1. The van der Waals surface area contributed by atoms with Crippen molar-refractivity contribution >= 4 is 17.3 Å². The van der Waals surface area contributed by atoms with Crippen molar-refractivity contribution in [2.24, 2.45) is 0 Å². The Bertz CT molecular complexity index is 758. The number of pyridine rings is 1. The fraction of sp³-hybridized carbons (Fsp3) is 0.143. The Balaban J connectivity index is 1.54. The standard InChI is InChI=1S/C14H14FN5O/c15-10-4-5-13-18-14(19-20(13)9-10)17-6-7-21-12-3-1-2-11(16)8-12/h1-5,8-9H,6-7,16H2,(H,17,19). The van der Waals surface area contributed by atoms with E-state index in [0.717, 1.165) is 0 Å². The zero-order valence-corrected chi connectivity index (χ0v) is 11.2. The third kappa shape index (κ3) is 3.19. The van der Waals surface area contributed by atoms with E-state index in [0.29, 0.717) is 36.2 Å². The molecule has 3 aromatic rings. The fourth-order valence-corrected chi connectivity index (χ4v) is 1.87. The van der Waals surface area contributed by atoms with Gasteiger partial charge < -0.3 is 15.8 Å². The Hall–Kier alpha value is -2.83. The van der Waals surface area contributed by atoms with Crippen molar-refractivity contribution < 1.29 is 9.13 Å². The van der Waals surface area contributed by atoms with E-state index in [1.807, 2.05) is 12.1 Å². The molecule has 0 aliphatic rings. The number of halogens is 1. The molecule has 1 aromatic carbocycles. The molecule has 2 aromatic heterocycles. The van der Waals surface area contributed by atoms with Gasteiger partial charge in [-0.05, 0) is 24.3 Å². The maximum absolute atomic E-state index is 13.0. The Morgan fingerprint density at radius 1 is 1.29 bits per heavy atom. The lowest BCUT2D eigenvalue weighted by molar-refractivity contribution is 0.333. The van der Waals surface area contributed by atoms with Gasteiger partial charge in [0.15, 0.2) is 5.65 Å². The van der Waals surface area contributed by atoms with Crippen LogP contribution in [0.25, 0.3) is 5.65 Å². The van der Waals surface area contributed by atoms with E-state index in [-0.39, 0.29) is 5.82 Å². The molecule has 2 heterocycles. The highest BCUT2D eigenvalue weighted by molar-refractivity contribution is 5.44. The van der Waals surface area contributed by atoms with Crippen LogP contribution >= 0.6 is 0 Å². The molecular formula is C14H14FN5O. The molecule has 0 atom stereocenters. The summed E-state index contributed by atoms with van der Waals surface area (Å²) in [5, 5.41) is 7.13. The van der Waals surface area contributed by atoms with Crippen LogP contribution in [0, 0.1) is 5.82 Å². The number of anilines is 2. The number of nitrogen functional groups attached to an aromatic ring is 1. The molecule has 0 spiro atoms. The Morgan fingerprint density at radius 2 is 2.19 bits per heavy atom. The van der Waals surface area contributed by atoms with E-state index in [2.05, 4.69) is 15.4 Å². The van der Waals surface area contributed by atoms with E-state index in [9.17, 15) is 4.39 Å². The summed E-state index contributed by atoms with van der Waals surface area (Å²) in [6.07, 6.45) is 1.27. The number of nitrogens with zero attached hydrogens (tertiary/aromatic N) is 3. The van der Waals surface area contributed by atoms with E-state index in [1.165, 1.54) is 16.8 Å². The molecule has 7 heteroatoms. The second kappa shape index (κ2) is 5.66. The summed E-state index contributed by atoms with van der Waals surface area (Å²) in [6, 6.07) is 10.1. The smallest absolute Gasteiger partial charge is 0.243 e. The number of hydrogen-bond donors (Lipinski definition) is 2. The largest absolute Gasteiger partial charge is 0.492 e. The van der Waals surface area contributed by atoms with Gasteiger partial charge in [-0.25, -0.2) is 8.91 Å². The fourth-order valence-electron chi connectivity index (χ4n) is 1.87. The highest BCUT2D eigenvalue weighted by Gasteiger charge is 2.03. The van der Waals surface area contributed by atoms with Crippen molar-refractivity contribution in [1.29, 1.82) is 0 Å². The molecule has 0 unspecified atom stereocenters. The van der Waals surface area contributed by atoms with Gasteiger partial charge >= 0.3 is 0 Å². The number of nitrogens with two attached hydrogens (primary N) is 1. The van der Waals surface area contributed by atoms with Crippen molar-refractivity contribution in [3.63, 3.8) is 0 Å². The maximum atomic E-state index is 13.0. The quantitative estimate of drug-likeness (QED) is 0.554. The van der Waals surface area contributed by atoms with Crippen LogP contribution in [-0.4, -0.2) is 27.7 Å². The van der Waals surface area contributed by atoms with Gasteiger partial charge in [0.05, 0.1) is 12.7 Å². The van der Waals surface area contributed by atoms with Crippen LogP contribution in [0.4, 0.5) is 16.0 Å². The first-order valence-corrected chi connectivity index (χ1v) is 6.45. The third-order valence-corrected chi connectivity index (χ3v) is 2.81. The van der Waals surface area contributed by atoms with Crippen LogP contribution in [0.15, 0.2) is 42.6 Å². The van der Waals surface area contributed by atoms with E-state index in [1.54, 1.807) is 18.2 Å². The molecule has 0 aliphatic carbocycles. The summed E-state index contributed by atoms with van der Waals surface area (Å²) >= 11 is 0. The summed E-state index contributed by atoms with van der Waals surface area (Å²) in [5.41, 5.74) is 6.90. The van der Waals surface area contributed by atoms with Gasteiger partial charge in [-0.15, -0.1) is 5.10 Å². The monoisotopic (exact) mass is 287 g/mol. The number of aromatic nitrogens is 3. The van der Waals surface area contributed by atoms with Gasteiger partial charge in [0.1, 0.15) is 18.2 Å². The Labute approximate surface area is 120 Å². The van der Waals surface area contributed by atoms with Crippen molar-refractivity contribution in [3.05, 3.63) is 48.4 Å². The molecule has 0 bridgehead atoms. The first kappa shape index (κ1) is 13.2. The average molecular weight is 287 g/mol. The molecule has 0 saturated carbocycles. The van der Waals surface area contributed by atoms with Crippen LogP contribution in [0.3, 0.4) is 0 Å². The van der Waals surface area contributed by atoms with E-state index in [4.69, 9.17) is 10.5 Å². The highest BCUT2D eigenvalue weighted by Crippen LogP contribution is 2.14. The topological polar surface area (TPSA) is 77.5 Å². The number of rotatable bonds is 5. The molecule has 6 nitrogen and oxygen atoms in total. The minimum atomic E-state index is -0.357. The third-order valence-electron chi connectivity index (χ3n) is 2.81. The second-order valence-corrected chi connectivity index (χ2v) is 4.43. The van der Waals surface area contributed by atoms with Crippen molar-refractivity contribution in [1.82, 2.24) is 14.6 Å². The molecule has 3 rings (SSSR count). The first-order chi connectivity index (χ1) is 10.2. The Morgan fingerprint density at radius 3 is 3.05 bits per heavy atom. The van der Waals surface area contributed by atoms with Gasteiger partial charge in [-0.3, -0.25) is 0 Å². The molecule has 0 saturated heterocycles. The number of ether oxygens (including phenoxy) is 1. The zero-order valence-electron chi connectivity index (χ0n) is 11.2. The molecule has 3 N–H and O–H groups in total. The van der Waals surface area contributed by atoms with Gasteiger partial charge in [0.25, 0.3) is 0 Å². The average Bonchev–Trinajstić information content (AvgIpc) is 2.85. The van der Waals surface area contributed by atoms with Crippen molar-refractivity contribution in [2.45, 2.75) is 0 Å². The number of nitrogens with one attached hydrogen (secondary N) is 1. The van der Waals surface area contributed by atoms with Crippen LogP contribution in [-0.2, 0) is 0 Å². The summed E-state index contributed by atoms with van der Waals surface area (Å²) in [5.74, 6) is 0.780. The molecule has 0 aliphatic heterocycles. The number of fused-ring (bicyclic) bond motifs is 1. The molecule has 21 heavy (non-hydrogen) atoms. The molecule has 0 amide bonds. The van der Waals surface area contributed by atoms with Crippen LogP contribution < -0.4 is 15.8 Å². The summed E-state index contributed by atoms with van der Waals surface area (Å²) in [4.78, 5) is 4.21. The lowest BCUT2D eigenvalue weighted by Gasteiger charge is -2.06. The van der Waals surface area contributed by atoms with Gasteiger partial charge in [-0.1, -0.05) is 6.07 Å². The summed E-state index contributed by atoms with van der Waals surface area (Å²) < 4.78 is 20.0. The predicted molar refractivity (Wildman–Crippen MR) is 77.8 cm³/mol. The number of hydrogen-bond acceptors (Lipinski definition) is 5. The highest BCUT2D eigenvalue weighted by atomic mass is 19.1. The van der Waals surface area contributed by atoms with Crippen molar-refractivity contribution in [2.75, 3.05) is 24.2 Å². The summed E-state index contributed by atoms with van der Waals surface area (Å²) in [7, 11) is 0. The van der Waals surface area contributed by atoms with Crippen LogP contribution in [0.5, 0.6) is 5.75 Å². The second-order valence-electron chi connectivity index (χ2n) is 4.43. The normalized spacial score (nSPS) is 10.7. The minimum absolute atomic E-state index is 0.357. The zero-order chi connectivity index (χ0) is 14.7. The van der Waals surface area contributed by atoms with Gasteiger partial charge in [-0.2, -0.15) is 4.98 Å². The van der Waals surface area contributed by atoms with Gasteiger partial charge in [0.2, 0.25) is 5.95 Å². The lowest BCUT2D eigenvalue weighted by Crippen LogP contribution is -2.12. The summed E-state index contributed by atoms with van der Waals surface area (Å²) in [6.45, 7) is 0.960. The molecule has 0 radical (unpaired) electrons. The predicted octanol–water partition coefficient (Wildman–Crippen LogP) is 1.94. The first-order valence-electron chi connectivity index (χ1n) is 6.45. The van der Waals surface area contributed by atoms with Crippen LogP contribution in [0.1, 0.15) is 0 Å². The maximum Gasteiger partial charge on any atom is 0.243 e. The molecular weight excluding hydrogens is 273 g/mol. The minimum Gasteiger partial charge on any atom is -0.492 e. The Kier molecular flexibility index (Phi) is 3.55. The SMILES string of the molecule is Nc1cccc(OCCNc2nc3ccc(F)cn3n2)c1. The lowest BCUT2D eigenvalue weighted by atomic mass is 10.3. The molecule has 108 valence electrons. The van der Waals surface area contributed by atoms with Crippen molar-refractivity contribution in [3.8, 4) is 5.75 Å². The van der Waals surface area contributed by atoms with Gasteiger partial charge in [0, 0.05) is 11.8 Å². The van der Waals surface area contributed by atoms with Crippen LogP contribution in [0.2, 0.25) is 0 Å². The van der Waals surface area contributed by atoms with E-state index >= 15 is 0 Å². The van der Waals surface area contributed by atoms with E-state index < -0.39 is 0 Å².